The van der Waals surface area contributed by atoms with Gasteiger partial charge in [-0.2, -0.15) is 0 Å². The van der Waals surface area contributed by atoms with Gasteiger partial charge < -0.3 is 16.0 Å². The van der Waals surface area contributed by atoms with Gasteiger partial charge in [-0.15, -0.1) is 0 Å². The molecule has 0 aliphatic rings. The van der Waals surface area contributed by atoms with E-state index in [0.717, 1.165) is 12.1 Å². The van der Waals surface area contributed by atoms with Crippen molar-refractivity contribution in [1.82, 2.24) is 5.32 Å². The van der Waals surface area contributed by atoms with Gasteiger partial charge in [0.15, 0.2) is 0 Å². The molecule has 4 nitrogen and oxygen atoms in total. The van der Waals surface area contributed by atoms with E-state index in [1.807, 2.05) is 35.2 Å². The van der Waals surface area contributed by atoms with Crippen molar-refractivity contribution >= 4 is 28.8 Å². The van der Waals surface area contributed by atoms with Crippen molar-refractivity contribution < 1.29 is 4.79 Å². The molecule has 1 aromatic rings. The Labute approximate surface area is 132 Å². The molecule has 0 radical (unpaired) electrons. The highest BCUT2D eigenvalue weighted by atomic mass is 32.1. The minimum Gasteiger partial charge on any atom is -0.393 e. The van der Waals surface area contributed by atoms with Gasteiger partial charge in [0.05, 0.1) is 11.5 Å². The first-order valence-corrected chi connectivity index (χ1v) is 7.75. The smallest absolute Gasteiger partial charge is 0.239 e. The lowest BCUT2D eigenvalue weighted by Gasteiger charge is -2.24. The quantitative estimate of drug-likeness (QED) is 0.688. The van der Waals surface area contributed by atoms with Crippen molar-refractivity contribution in [3.63, 3.8) is 0 Å². The maximum atomic E-state index is 12.0. The van der Waals surface area contributed by atoms with E-state index < -0.39 is 0 Å². The maximum absolute atomic E-state index is 12.0. The summed E-state index contributed by atoms with van der Waals surface area (Å²) in [6.45, 7) is 5.98. The van der Waals surface area contributed by atoms with Crippen LogP contribution in [-0.2, 0) is 4.79 Å². The fourth-order valence-electron chi connectivity index (χ4n) is 1.91. The van der Waals surface area contributed by atoms with E-state index in [2.05, 4.69) is 19.2 Å². The third-order valence-electron chi connectivity index (χ3n) is 3.13. The summed E-state index contributed by atoms with van der Waals surface area (Å²) in [6, 6.07) is 9.85. The Morgan fingerprint density at radius 2 is 2.00 bits per heavy atom. The molecule has 0 aromatic heterocycles. The second-order valence-electron chi connectivity index (χ2n) is 5.51. The Balaban J connectivity index is 2.56. The van der Waals surface area contributed by atoms with Crippen molar-refractivity contribution in [2.45, 2.75) is 26.7 Å². The van der Waals surface area contributed by atoms with Crippen LogP contribution in [0, 0.1) is 5.92 Å². The highest BCUT2D eigenvalue weighted by molar-refractivity contribution is 7.80. The van der Waals surface area contributed by atoms with Crippen LogP contribution in [0.25, 0.3) is 0 Å². The molecule has 1 rings (SSSR count). The molecule has 0 aliphatic heterocycles. The Morgan fingerprint density at radius 3 is 2.57 bits per heavy atom. The van der Waals surface area contributed by atoms with Crippen LogP contribution in [0.5, 0.6) is 0 Å². The molecular weight excluding hydrogens is 282 g/mol. The molecule has 3 N–H and O–H groups in total. The first-order chi connectivity index (χ1) is 9.99. The molecule has 0 atom stereocenters. The number of hydrogen-bond acceptors (Lipinski definition) is 3. The second kappa shape index (κ2) is 9.34. The van der Waals surface area contributed by atoms with Gasteiger partial charge in [-0.3, -0.25) is 4.79 Å². The third kappa shape index (κ3) is 7.66. The first kappa shape index (κ1) is 17.4. The standard InChI is InChI=1S/C16H25N3OS/c1-13(2)8-10-18-16(20)12-19(11-9-15(17)21)14-6-4-3-5-7-14/h3-7,13H,8-12H2,1-2H3,(H2,17,21)(H,18,20). The number of thiocarbonyl (C=S) groups is 1. The van der Waals surface area contributed by atoms with Crippen molar-refractivity contribution in [3.8, 4) is 0 Å². The molecule has 0 bridgehead atoms. The van der Waals surface area contributed by atoms with E-state index in [-0.39, 0.29) is 5.91 Å². The number of anilines is 1. The lowest BCUT2D eigenvalue weighted by Crippen LogP contribution is -2.39. The van der Waals surface area contributed by atoms with Gasteiger partial charge in [-0.05, 0) is 24.5 Å². The summed E-state index contributed by atoms with van der Waals surface area (Å²) in [4.78, 5) is 14.5. The number of hydrogen-bond donors (Lipinski definition) is 2. The van der Waals surface area contributed by atoms with Crippen LogP contribution in [0.3, 0.4) is 0 Å². The topological polar surface area (TPSA) is 58.4 Å². The van der Waals surface area contributed by atoms with Gasteiger partial charge >= 0.3 is 0 Å². The molecule has 116 valence electrons. The Hall–Kier alpha value is -1.62. The molecule has 0 spiro atoms. The van der Waals surface area contributed by atoms with Crippen LogP contribution < -0.4 is 16.0 Å². The maximum Gasteiger partial charge on any atom is 0.239 e. The number of benzene rings is 1. The number of carbonyl (C=O) groups is 1. The van der Waals surface area contributed by atoms with E-state index >= 15 is 0 Å². The van der Waals surface area contributed by atoms with Gasteiger partial charge in [0.25, 0.3) is 0 Å². The monoisotopic (exact) mass is 307 g/mol. The summed E-state index contributed by atoms with van der Waals surface area (Å²) in [5, 5.41) is 2.96. The van der Waals surface area contributed by atoms with Crippen molar-refractivity contribution in [1.29, 1.82) is 0 Å². The minimum atomic E-state index is 0.0300. The van der Waals surface area contributed by atoms with E-state index in [4.69, 9.17) is 18.0 Å². The molecule has 0 heterocycles. The van der Waals surface area contributed by atoms with Gasteiger partial charge in [0.1, 0.15) is 0 Å². The van der Waals surface area contributed by atoms with Crippen LogP contribution in [-0.4, -0.2) is 30.5 Å². The molecular formula is C16H25N3OS. The molecule has 0 saturated heterocycles. The van der Waals surface area contributed by atoms with Crippen LogP contribution >= 0.6 is 12.2 Å². The summed E-state index contributed by atoms with van der Waals surface area (Å²) in [5.74, 6) is 0.618. The lowest BCUT2D eigenvalue weighted by molar-refractivity contribution is -0.119. The SMILES string of the molecule is CC(C)CCNC(=O)CN(CCC(N)=S)c1ccccc1. The predicted octanol–water partition coefficient (Wildman–Crippen LogP) is 2.33. The zero-order valence-electron chi connectivity index (χ0n) is 12.8. The van der Waals surface area contributed by atoms with Crippen LogP contribution in [0.15, 0.2) is 30.3 Å². The summed E-state index contributed by atoms with van der Waals surface area (Å²) in [5.41, 5.74) is 6.57. The third-order valence-corrected chi connectivity index (χ3v) is 3.33. The number of para-hydroxylation sites is 1. The second-order valence-corrected chi connectivity index (χ2v) is 6.03. The van der Waals surface area contributed by atoms with Crippen molar-refractivity contribution in [2.24, 2.45) is 11.7 Å². The molecule has 1 aromatic carbocycles. The Kier molecular flexibility index (Phi) is 7.75. The molecule has 0 saturated carbocycles. The highest BCUT2D eigenvalue weighted by Gasteiger charge is 2.11. The Morgan fingerprint density at radius 1 is 1.33 bits per heavy atom. The molecule has 0 unspecified atom stereocenters. The van der Waals surface area contributed by atoms with Gasteiger partial charge in [0, 0.05) is 25.2 Å². The zero-order valence-corrected chi connectivity index (χ0v) is 13.7. The normalized spacial score (nSPS) is 10.4. The number of amides is 1. The Bertz CT molecular complexity index is 448. The number of nitrogens with one attached hydrogen (secondary N) is 1. The first-order valence-electron chi connectivity index (χ1n) is 7.34. The van der Waals surface area contributed by atoms with Gasteiger partial charge in [0.2, 0.25) is 5.91 Å². The minimum absolute atomic E-state index is 0.0300. The van der Waals surface area contributed by atoms with E-state index in [1.165, 1.54) is 0 Å². The number of carbonyl (C=O) groups excluding carboxylic acids is 1. The number of nitrogens with two attached hydrogens (primary N) is 1. The highest BCUT2D eigenvalue weighted by Crippen LogP contribution is 2.13. The van der Waals surface area contributed by atoms with Gasteiger partial charge in [-0.25, -0.2) is 0 Å². The molecule has 0 aliphatic carbocycles. The summed E-state index contributed by atoms with van der Waals surface area (Å²) in [7, 11) is 0. The zero-order chi connectivity index (χ0) is 15.7. The van der Waals surface area contributed by atoms with E-state index in [1.54, 1.807) is 0 Å². The fourth-order valence-corrected chi connectivity index (χ4v) is 2.00. The molecule has 1 amide bonds. The van der Waals surface area contributed by atoms with Crippen molar-refractivity contribution in [3.05, 3.63) is 30.3 Å². The largest absolute Gasteiger partial charge is 0.393 e. The van der Waals surface area contributed by atoms with Crippen LogP contribution in [0.2, 0.25) is 0 Å². The summed E-state index contributed by atoms with van der Waals surface area (Å²) in [6.07, 6.45) is 1.59. The summed E-state index contributed by atoms with van der Waals surface area (Å²) >= 11 is 4.93. The van der Waals surface area contributed by atoms with E-state index in [0.29, 0.717) is 37.0 Å². The molecule has 21 heavy (non-hydrogen) atoms. The average molecular weight is 307 g/mol. The average Bonchev–Trinajstić information content (AvgIpc) is 2.43. The lowest BCUT2D eigenvalue weighted by atomic mass is 10.1. The van der Waals surface area contributed by atoms with E-state index in [9.17, 15) is 4.79 Å². The van der Waals surface area contributed by atoms with Crippen LogP contribution in [0.4, 0.5) is 5.69 Å². The fraction of sp³-hybridized carbons (Fsp3) is 0.500. The molecule has 0 fully saturated rings. The number of nitrogens with zero attached hydrogens (tertiary/aromatic N) is 1. The van der Waals surface area contributed by atoms with Gasteiger partial charge in [-0.1, -0.05) is 44.3 Å². The van der Waals surface area contributed by atoms with Crippen molar-refractivity contribution in [2.75, 3.05) is 24.5 Å². The molecule has 5 heteroatoms. The predicted molar refractivity (Wildman–Crippen MR) is 92.5 cm³/mol. The van der Waals surface area contributed by atoms with Crippen LogP contribution in [0.1, 0.15) is 26.7 Å². The number of rotatable bonds is 9. The summed E-state index contributed by atoms with van der Waals surface area (Å²) < 4.78 is 0.